The highest BCUT2D eigenvalue weighted by Gasteiger charge is 2.05. The van der Waals surface area contributed by atoms with E-state index in [-0.39, 0.29) is 5.08 Å². The molecule has 0 bridgehead atoms. The van der Waals surface area contributed by atoms with Gasteiger partial charge >= 0.3 is 0 Å². The largest absolute Gasteiger partial charge is 0.306 e. The van der Waals surface area contributed by atoms with Crippen molar-refractivity contribution in [3.63, 3.8) is 0 Å². The van der Waals surface area contributed by atoms with E-state index in [0.29, 0.717) is 0 Å². The first kappa shape index (κ1) is 8.32. The quantitative estimate of drug-likeness (QED) is 0.195. The number of nitrogens with zero attached hydrogens (tertiary/aromatic N) is 2. The molecule has 0 heterocycles. The summed E-state index contributed by atoms with van der Waals surface area (Å²) in [6, 6.07) is 0. The van der Waals surface area contributed by atoms with Crippen molar-refractivity contribution in [2.45, 2.75) is 5.08 Å². The number of hydrogen-bond donors (Lipinski definition) is 2. The summed E-state index contributed by atoms with van der Waals surface area (Å²) in [6.45, 7) is 0. The minimum absolute atomic E-state index is 0.211. The van der Waals surface area contributed by atoms with Crippen LogP contribution in [0.15, 0.2) is 0 Å². The van der Waals surface area contributed by atoms with Crippen LogP contribution in [0.2, 0.25) is 0 Å². The van der Waals surface area contributed by atoms with Gasteiger partial charge in [0, 0.05) is 14.1 Å². The van der Waals surface area contributed by atoms with Crippen molar-refractivity contribution in [2.75, 3.05) is 14.1 Å². The van der Waals surface area contributed by atoms with Crippen molar-refractivity contribution in [3.05, 3.63) is 0 Å². The van der Waals surface area contributed by atoms with E-state index in [1.165, 1.54) is 5.12 Å². The number of alkyl halides is 1. The zero-order valence-electron chi connectivity index (χ0n) is 5.00. The molecule has 0 aromatic carbocycles. The van der Waals surface area contributed by atoms with Gasteiger partial charge in [0.15, 0.2) is 0 Å². The van der Waals surface area contributed by atoms with Gasteiger partial charge in [-0.15, -0.1) is 0 Å². The van der Waals surface area contributed by atoms with Gasteiger partial charge in [0.1, 0.15) is 5.08 Å². The Morgan fingerprint density at radius 1 is 1.50 bits per heavy atom. The van der Waals surface area contributed by atoms with Crippen molar-refractivity contribution in [1.29, 1.82) is 0 Å². The summed E-state index contributed by atoms with van der Waals surface area (Å²) < 4.78 is 0. The Labute approximate surface area is 57.5 Å². The molecule has 50 valence electrons. The molecule has 0 aromatic rings. The lowest BCUT2D eigenvalue weighted by atomic mass is 11.0. The monoisotopic (exact) mass is 182 g/mol. The van der Waals surface area contributed by atoms with Crippen LogP contribution in [-0.2, 0) is 0 Å². The molecule has 4 nitrogen and oxygen atoms in total. The SMILES string of the molecule is CN(N)N(C)C(N)Br. The van der Waals surface area contributed by atoms with Gasteiger partial charge in [-0.2, -0.15) is 5.12 Å². The fourth-order valence-corrected chi connectivity index (χ4v) is 0.463. The molecular formula is C3H11BrN4. The maximum atomic E-state index is 5.36. The molecule has 5 heteroatoms. The lowest BCUT2D eigenvalue weighted by Gasteiger charge is -2.25. The highest BCUT2D eigenvalue weighted by molar-refractivity contribution is 9.09. The first-order valence-electron chi connectivity index (χ1n) is 2.16. The average Bonchev–Trinajstić information content (AvgIpc) is 1.64. The molecule has 0 aliphatic heterocycles. The maximum Gasteiger partial charge on any atom is 0.129 e. The smallest absolute Gasteiger partial charge is 0.129 e. The average molecular weight is 183 g/mol. The van der Waals surface area contributed by atoms with Gasteiger partial charge in [-0.25, -0.2) is 5.01 Å². The Morgan fingerprint density at radius 3 is 1.88 bits per heavy atom. The van der Waals surface area contributed by atoms with Crippen LogP contribution in [0, 0.1) is 0 Å². The first-order valence-corrected chi connectivity index (χ1v) is 3.08. The van der Waals surface area contributed by atoms with Crippen molar-refractivity contribution >= 4 is 15.9 Å². The molecule has 0 saturated carbocycles. The minimum Gasteiger partial charge on any atom is -0.306 e. The minimum atomic E-state index is -0.211. The molecule has 0 aliphatic rings. The molecule has 1 atom stereocenters. The van der Waals surface area contributed by atoms with E-state index in [2.05, 4.69) is 15.9 Å². The van der Waals surface area contributed by atoms with E-state index in [9.17, 15) is 0 Å². The summed E-state index contributed by atoms with van der Waals surface area (Å²) >= 11 is 3.12. The van der Waals surface area contributed by atoms with Gasteiger partial charge in [-0.3, -0.25) is 5.84 Å². The molecule has 1 unspecified atom stereocenters. The van der Waals surface area contributed by atoms with Crippen molar-refractivity contribution in [1.82, 2.24) is 10.1 Å². The van der Waals surface area contributed by atoms with Crippen LogP contribution in [-0.4, -0.2) is 29.3 Å². The molecule has 0 rings (SSSR count). The van der Waals surface area contributed by atoms with Crippen LogP contribution < -0.4 is 11.6 Å². The van der Waals surface area contributed by atoms with Crippen LogP contribution in [0.1, 0.15) is 0 Å². The predicted octanol–water partition coefficient (Wildman–Crippen LogP) is -0.724. The molecule has 0 saturated heterocycles. The van der Waals surface area contributed by atoms with Crippen LogP contribution >= 0.6 is 15.9 Å². The normalized spacial score (nSPS) is 15.4. The lowest BCUT2D eigenvalue weighted by Crippen LogP contribution is -2.48. The van der Waals surface area contributed by atoms with Gasteiger partial charge in [0.2, 0.25) is 0 Å². The van der Waals surface area contributed by atoms with Gasteiger partial charge in [0.25, 0.3) is 0 Å². The van der Waals surface area contributed by atoms with E-state index in [1.807, 2.05) is 0 Å². The molecule has 0 radical (unpaired) electrons. The van der Waals surface area contributed by atoms with E-state index in [4.69, 9.17) is 11.6 Å². The molecule has 0 fully saturated rings. The van der Waals surface area contributed by atoms with Crippen molar-refractivity contribution in [2.24, 2.45) is 11.6 Å². The maximum absolute atomic E-state index is 5.36. The number of halogens is 1. The molecule has 0 spiro atoms. The van der Waals surface area contributed by atoms with E-state index in [0.717, 1.165) is 0 Å². The highest BCUT2D eigenvalue weighted by atomic mass is 79.9. The number of hydrazine groups is 2. The van der Waals surface area contributed by atoms with Crippen molar-refractivity contribution < 1.29 is 0 Å². The Balaban J connectivity index is 3.46. The molecular weight excluding hydrogens is 172 g/mol. The van der Waals surface area contributed by atoms with Crippen molar-refractivity contribution in [3.8, 4) is 0 Å². The van der Waals surface area contributed by atoms with Gasteiger partial charge in [-0.1, -0.05) is 15.9 Å². The zero-order chi connectivity index (χ0) is 6.73. The third-order valence-electron chi connectivity index (χ3n) is 0.855. The fraction of sp³-hybridized carbons (Fsp3) is 1.00. The third kappa shape index (κ3) is 2.58. The highest BCUT2D eigenvalue weighted by Crippen LogP contribution is 1.95. The molecule has 8 heavy (non-hydrogen) atoms. The lowest BCUT2D eigenvalue weighted by molar-refractivity contribution is 0.0194. The van der Waals surface area contributed by atoms with E-state index in [1.54, 1.807) is 19.1 Å². The Morgan fingerprint density at radius 2 is 1.88 bits per heavy atom. The van der Waals surface area contributed by atoms with Crippen LogP contribution in [0.5, 0.6) is 0 Å². The summed E-state index contributed by atoms with van der Waals surface area (Å²) in [7, 11) is 3.49. The molecule has 0 amide bonds. The summed E-state index contributed by atoms with van der Waals surface area (Å²) in [6.07, 6.45) is 0. The molecule has 4 N–H and O–H groups in total. The Bertz CT molecular complexity index is 56.3. The second kappa shape index (κ2) is 3.37. The number of hydrogen-bond acceptors (Lipinski definition) is 4. The Hall–Kier alpha value is 0.320. The summed E-state index contributed by atoms with van der Waals surface area (Å²) in [5.41, 5.74) is 5.36. The van der Waals surface area contributed by atoms with Gasteiger partial charge in [-0.05, 0) is 0 Å². The molecule has 0 aliphatic carbocycles. The van der Waals surface area contributed by atoms with Crippen LogP contribution in [0.3, 0.4) is 0 Å². The van der Waals surface area contributed by atoms with E-state index >= 15 is 0 Å². The fourth-order valence-electron chi connectivity index (χ4n) is 0.174. The topological polar surface area (TPSA) is 58.5 Å². The summed E-state index contributed by atoms with van der Waals surface area (Å²) in [4.78, 5) is 0. The predicted molar refractivity (Wildman–Crippen MR) is 36.6 cm³/mol. The van der Waals surface area contributed by atoms with Gasteiger partial charge < -0.3 is 5.73 Å². The number of nitrogens with two attached hydrogens (primary N) is 2. The van der Waals surface area contributed by atoms with Gasteiger partial charge in [0.05, 0.1) is 0 Å². The second-order valence-electron chi connectivity index (χ2n) is 1.52. The third-order valence-corrected chi connectivity index (χ3v) is 1.45. The summed E-state index contributed by atoms with van der Waals surface area (Å²) in [5.74, 6) is 5.29. The Kier molecular flexibility index (Phi) is 3.50. The molecule has 0 aromatic heterocycles. The standard InChI is InChI=1S/C3H11BrN4/c1-7(3(4)5)8(2)6/h3H,5-6H2,1-2H3. The van der Waals surface area contributed by atoms with Crippen LogP contribution in [0.4, 0.5) is 0 Å². The number of rotatable bonds is 2. The van der Waals surface area contributed by atoms with Crippen LogP contribution in [0.25, 0.3) is 0 Å². The first-order chi connectivity index (χ1) is 3.55. The zero-order valence-corrected chi connectivity index (χ0v) is 6.59. The second-order valence-corrected chi connectivity index (χ2v) is 2.46. The van der Waals surface area contributed by atoms with E-state index < -0.39 is 0 Å². The summed E-state index contributed by atoms with van der Waals surface area (Å²) in [5, 5.41) is 2.83.